The standard InChI is InChI=1S/C21H12F2N2O5S/c22-12-6-7-15(14(23)10-12)24-18(16-5-2-8-31-16)17(20(27)21(24)28)19(26)11-3-1-4-13(9-11)25(29)30/h1-10,18,26H/b19-17-. The Labute approximate surface area is 177 Å². The molecule has 4 rings (SSSR count). The van der Waals surface area contributed by atoms with Crippen LogP contribution in [0.4, 0.5) is 20.2 Å². The van der Waals surface area contributed by atoms with E-state index in [0.29, 0.717) is 10.9 Å². The number of nitro groups is 1. The topological polar surface area (TPSA) is 101 Å². The molecule has 1 aromatic heterocycles. The summed E-state index contributed by atoms with van der Waals surface area (Å²) in [6.07, 6.45) is 0. The molecule has 1 aliphatic heterocycles. The number of thiophene rings is 1. The first-order chi connectivity index (χ1) is 14.8. The molecule has 1 saturated heterocycles. The third kappa shape index (κ3) is 3.46. The number of anilines is 1. The van der Waals surface area contributed by atoms with Gasteiger partial charge < -0.3 is 5.11 Å². The zero-order chi connectivity index (χ0) is 22.3. The summed E-state index contributed by atoms with van der Waals surface area (Å²) in [4.78, 5) is 37.4. The molecule has 156 valence electrons. The highest BCUT2D eigenvalue weighted by atomic mass is 32.1. The van der Waals surface area contributed by atoms with Crippen LogP contribution in [0.1, 0.15) is 16.5 Å². The molecule has 10 heteroatoms. The van der Waals surface area contributed by atoms with Crippen LogP contribution in [0.2, 0.25) is 0 Å². The largest absolute Gasteiger partial charge is 0.507 e. The Morgan fingerprint density at radius 1 is 1.10 bits per heavy atom. The van der Waals surface area contributed by atoms with Crippen LogP contribution in [0.25, 0.3) is 5.76 Å². The number of carbonyl (C=O) groups is 2. The second-order valence-corrected chi connectivity index (χ2v) is 7.57. The minimum absolute atomic E-state index is 0.0478. The van der Waals surface area contributed by atoms with E-state index in [9.17, 15) is 33.6 Å². The van der Waals surface area contributed by atoms with E-state index in [1.807, 2.05) is 0 Å². The molecule has 7 nitrogen and oxygen atoms in total. The van der Waals surface area contributed by atoms with E-state index >= 15 is 0 Å². The number of benzene rings is 2. The van der Waals surface area contributed by atoms with Crippen LogP contribution in [0.3, 0.4) is 0 Å². The molecule has 0 spiro atoms. The van der Waals surface area contributed by atoms with Crippen molar-refractivity contribution in [2.75, 3.05) is 4.90 Å². The summed E-state index contributed by atoms with van der Waals surface area (Å²) >= 11 is 1.16. The van der Waals surface area contributed by atoms with E-state index in [1.54, 1.807) is 17.5 Å². The van der Waals surface area contributed by atoms with E-state index in [0.717, 1.165) is 34.4 Å². The number of carbonyl (C=O) groups excluding carboxylic acids is 2. The van der Waals surface area contributed by atoms with Gasteiger partial charge in [0.05, 0.1) is 16.2 Å². The first-order valence-corrected chi connectivity index (χ1v) is 9.72. The molecule has 2 heterocycles. The molecular formula is C21H12F2N2O5S. The van der Waals surface area contributed by atoms with Gasteiger partial charge in [-0.1, -0.05) is 18.2 Å². The Bertz CT molecular complexity index is 1260. The van der Waals surface area contributed by atoms with Gasteiger partial charge in [0.15, 0.2) is 0 Å². The number of nitrogens with zero attached hydrogens (tertiary/aromatic N) is 2. The molecule has 31 heavy (non-hydrogen) atoms. The highest BCUT2D eigenvalue weighted by molar-refractivity contribution is 7.10. The van der Waals surface area contributed by atoms with Crippen LogP contribution in [0.15, 0.2) is 65.6 Å². The predicted molar refractivity (Wildman–Crippen MR) is 109 cm³/mol. The number of non-ortho nitro benzene ring substituents is 1. The van der Waals surface area contributed by atoms with Crippen molar-refractivity contribution in [1.82, 2.24) is 0 Å². The highest BCUT2D eigenvalue weighted by Gasteiger charge is 2.48. The van der Waals surface area contributed by atoms with Crippen LogP contribution in [0, 0.1) is 21.7 Å². The fraction of sp³-hybridized carbons (Fsp3) is 0.0476. The Balaban J connectivity index is 1.94. The summed E-state index contributed by atoms with van der Waals surface area (Å²) in [7, 11) is 0. The van der Waals surface area contributed by atoms with Crippen molar-refractivity contribution >= 4 is 40.2 Å². The van der Waals surface area contributed by atoms with Crippen molar-refractivity contribution in [3.63, 3.8) is 0 Å². The fourth-order valence-electron chi connectivity index (χ4n) is 3.40. The van der Waals surface area contributed by atoms with Gasteiger partial charge in [-0.25, -0.2) is 8.78 Å². The lowest BCUT2D eigenvalue weighted by atomic mass is 9.99. The molecule has 2 aromatic carbocycles. The SMILES string of the molecule is O=C1C(=O)N(c2ccc(F)cc2F)C(c2cccs2)/C1=C(/O)c1cccc([N+](=O)[O-])c1. The number of hydrogen-bond donors (Lipinski definition) is 1. The lowest BCUT2D eigenvalue weighted by molar-refractivity contribution is -0.384. The zero-order valence-corrected chi connectivity index (χ0v) is 16.3. The van der Waals surface area contributed by atoms with Crippen LogP contribution >= 0.6 is 11.3 Å². The number of hydrogen-bond acceptors (Lipinski definition) is 6. The summed E-state index contributed by atoms with van der Waals surface area (Å²) in [5.41, 5.74) is -1.06. The Kier molecular flexibility index (Phi) is 5.07. The minimum Gasteiger partial charge on any atom is -0.507 e. The third-order valence-corrected chi connectivity index (χ3v) is 5.68. The summed E-state index contributed by atoms with van der Waals surface area (Å²) in [6.45, 7) is 0. The molecule has 1 aliphatic rings. The van der Waals surface area contributed by atoms with E-state index in [2.05, 4.69) is 0 Å². The van der Waals surface area contributed by atoms with Gasteiger partial charge in [0.25, 0.3) is 17.4 Å². The fourth-order valence-corrected chi connectivity index (χ4v) is 4.22. The molecule has 0 saturated carbocycles. The number of nitro benzene ring substituents is 1. The average molecular weight is 442 g/mol. The molecular weight excluding hydrogens is 430 g/mol. The monoisotopic (exact) mass is 442 g/mol. The maximum absolute atomic E-state index is 14.5. The van der Waals surface area contributed by atoms with Gasteiger partial charge in [-0.15, -0.1) is 11.3 Å². The molecule has 1 amide bonds. The van der Waals surface area contributed by atoms with E-state index in [1.165, 1.54) is 18.2 Å². The van der Waals surface area contributed by atoms with Gasteiger partial charge in [-0.3, -0.25) is 24.6 Å². The number of aliphatic hydroxyl groups is 1. The van der Waals surface area contributed by atoms with Crippen molar-refractivity contribution in [1.29, 1.82) is 0 Å². The maximum atomic E-state index is 14.5. The summed E-state index contributed by atoms with van der Waals surface area (Å²) in [5.74, 6) is -4.76. The van der Waals surface area contributed by atoms with Gasteiger partial charge in [0.2, 0.25) is 0 Å². The number of ketones is 1. The van der Waals surface area contributed by atoms with Gasteiger partial charge in [0, 0.05) is 28.6 Å². The summed E-state index contributed by atoms with van der Waals surface area (Å²) < 4.78 is 27.9. The van der Waals surface area contributed by atoms with Crippen molar-refractivity contribution in [3.8, 4) is 0 Å². The Morgan fingerprint density at radius 3 is 2.52 bits per heavy atom. The Hall–Kier alpha value is -3.92. The van der Waals surface area contributed by atoms with Gasteiger partial charge >= 0.3 is 0 Å². The summed E-state index contributed by atoms with van der Waals surface area (Å²) in [5, 5.41) is 23.6. The number of Topliss-reactive ketones (excluding diaryl/α,β-unsaturated/α-hetero) is 1. The van der Waals surface area contributed by atoms with Crippen LogP contribution < -0.4 is 4.90 Å². The number of amides is 1. The highest BCUT2D eigenvalue weighted by Crippen LogP contribution is 2.44. The number of aliphatic hydroxyl groups excluding tert-OH is 1. The van der Waals surface area contributed by atoms with Crippen molar-refractivity contribution in [2.45, 2.75) is 6.04 Å². The number of rotatable bonds is 4. The van der Waals surface area contributed by atoms with Gasteiger partial charge in [-0.2, -0.15) is 0 Å². The van der Waals surface area contributed by atoms with E-state index < -0.39 is 40.0 Å². The van der Waals surface area contributed by atoms with Gasteiger partial charge in [-0.05, 0) is 23.6 Å². The first-order valence-electron chi connectivity index (χ1n) is 8.84. The lowest BCUT2D eigenvalue weighted by Crippen LogP contribution is -2.30. The quantitative estimate of drug-likeness (QED) is 0.210. The zero-order valence-electron chi connectivity index (χ0n) is 15.5. The van der Waals surface area contributed by atoms with Crippen LogP contribution in [-0.2, 0) is 9.59 Å². The van der Waals surface area contributed by atoms with Gasteiger partial charge in [0.1, 0.15) is 23.4 Å². The molecule has 3 aromatic rings. The lowest BCUT2D eigenvalue weighted by Gasteiger charge is -2.24. The smallest absolute Gasteiger partial charge is 0.300 e. The second-order valence-electron chi connectivity index (χ2n) is 6.59. The number of halogens is 2. The maximum Gasteiger partial charge on any atom is 0.300 e. The normalized spacial score (nSPS) is 17.9. The molecule has 1 N–H and O–H groups in total. The van der Waals surface area contributed by atoms with E-state index in [4.69, 9.17) is 0 Å². The molecule has 1 unspecified atom stereocenters. The second kappa shape index (κ2) is 7.73. The predicted octanol–water partition coefficient (Wildman–Crippen LogP) is 4.56. The molecule has 0 aliphatic carbocycles. The average Bonchev–Trinajstić information content (AvgIpc) is 3.35. The van der Waals surface area contributed by atoms with Crippen LogP contribution in [0.5, 0.6) is 0 Å². The van der Waals surface area contributed by atoms with Crippen molar-refractivity contribution < 1.29 is 28.4 Å². The third-order valence-electron chi connectivity index (χ3n) is 4.76. The summed E-state index contributed by atoms with van der Waals surface area (Å²) in [6, 6.07) is 9.55. The molecule has 1 atom stereocenters. The molecule has 1 fully saturated rings. The Morgan fingerprint density at radius 2 is 1.87 bits per heavy atom. The molecule has 0 bridgehead atoms. The molecule has 0 radical (unpaired) electrons. The van der Waals surface area contributed by atoms with E-state index in [-0.39, 0.29) is 22.5 Å². The van der Waals surface area contributed by atoms with Crippen molar-refractivity contribution in [3.05, 3.63) is 97.7 Å². The van der Waals surface area contributed by atoms with Crippen LogP contribution in [-0.4, -0.2) is 21.7 Å². The first kappa shape index (κ1) is 20.4. The van der Waals surface area contributed by atoms with Crippen molar-refractivity contribution in [2.24, 2.45) is 0 Å². The minimum atomic E-state index is -1.20.